The third-order valence-corrected chi connectivity index (χ3v) is 3.29. The van der Waals surface area contributed by atoms with Crippen molar-refractivity contribution in [3.05, 3.63) is 0 Å². The molecule has 0 bridgehead atoms. The molecule has 3 heteroatoms. The van der Waals surface area contributed by atoms with Crippen LogP contribution in [0.4, 0.5) is 0 Å². The summed E-state index contributed by atoms with van der Waals surface area (Å²) in [6, 6.07) is 0. The maximum atomic E-state index is 5.03. The van der Waals surface area contributed by atoms with E-state index in [1.807, 2.05) is 23.0 Å². The molecular weight excluding hydrogens is 277 g/mol. The average Bonchev–Trinajstić information content (AvgIpc) is 2.16. The normalized spacial score (nSPS) is 19.6. The number of likely N-dealkylation sites (N-methyl/N-ethyl adjacent to an activating group) is 1. The molecule has 0 aromatic heterocycles. The first kappa shape index (κ1) is 11.7. The first-order chi connectivity index (χ1) is 6.33. The number of halogens is 1. The fourth-order valence-corrected chi connectivity index (χ4v) is 2.29. The molecule has 1 rings (SSSR count). The van der Waals surface area contributed by atoms with Gasteiger partial charge in [-0.15, -0.1) is 0 Å². The summed E-state index contributed by atoms with van der Waals surface area (Å²) in [5.74, 6) is 0.952. The SMILES string of the molecule is CN(CCOI)CC1CCCCC1. The maximum Gasteiger partial charge on any atom is 0.109 e. The van der Waals surface area contributed by atoms with E-state index in [9.17, 15) is 0 Å². The zero-order chi connectivity index (χ0) is 9.52. The second-order valence-electron chi connectivity index (χ2n) is 4.08. The van der Waals surface area contributed by atoms with Gasteiger partial charge in [0.25, 0.3) is 0 Å². The average molecular weight is 297 g/mol. The predicted octanol–water partition coefficient (Wildman–Crippen LogP) is 2.87. The monoisotopic (exact) mass is 297 g/mol. The quantitative estimate of drug-likeness (QED) is 0.724. The van der Waals surface area contributed by atoms with Gasteiger partial charge in [0.1, 0.15) is 23.0 Å². The molecule has 0 unspecified atom stereocenters. The summed E-state index contributed by atoms with van der Waals surface area (Å²) < 4.78 is 5.03. The van der Waals surface area contributed by atoms with Gasteiger partial charge in [0.05, 0.1) is 6.61 Å². The van der Waals surface area contributed by atoms with Crippen molar-refractivity contribution in [2.24, 2.45) is 5.92 Å². The Morgan fingerprint density at radius 2 is 2.00 bits per heavy atom. The van der Waals surface area contributed by atoms with Crippen molar-refractivity contribution in [3.63, 3.8) is 0 Å². The highest BCUT2D eigenvalue weighted by atomic mass is 127. The molecule has 1 fully saturated rings. The Morgan fingerprint density at radius 3 is 2.62 bits per heavy atom. The molecule has 13 heavy (non-hydrogen) atoms. The van der Waals surface area contributed by atoms with Gasteiger partial charge in [0, 0.05) is 13.1 Å². The van der Waals surface area contributed by atoms with E-state index < -0.39 is 0 Å². The van der Waals surface area contributed by atoms with Crippen LogP contribution in [-0.2, 0) is 3.07 Å². The first-order valence-corrected chi connectivity index (χ1v) is 6.13. The standard InChI is InChI=1S/C10H20INO/c1-12(7-8-13-11)9-10-5-3-2-4-6-10/h10H,2-9H2,1H3. The Morgan fingerprint density at radius 1 is 1.31 bits per heavy atom. The maximum absolute atomic E-state index is 5.03. The lowest BCUT2D eigenvalue weighted by Crippen LogP contribution is -2.29. The highest BCUT2D eigenvalue weighted by molar-refractivity contribution is 14.1. The fourth-order valence-electron chi connectivity index (χ4n) is 2.09. The Hall–Kier alpha value is 0.650. The molecule has 0 spiro atoms. The molecule has 2 nitrogen and oxygen atoms in total. The van der Waals surface area contributed by atoms with E-state index in [0.717, 1.165) is 19.1 Å². The van der Waals surface area contributed by atoms with Crippen LogP contribution in [-0.4, -0.2) is 31.6 Å². The summed E-state index contributed by atoms with van der Waals surface area (Å²) in [5.41, 5.74) is 0. The largest absolute Gasteiger partial charge is 0.314 e. The van der Waals surface area contributed by atoms with Gasteiger partial charge in [-0.05, 0) is 25.8 Å². The lowest BCUT2D eigenvalue weighted by Gasteiger charge is -2.26. The van der Waals surface area contributed by atoms with E-state index in [2.05, 4.69) is 11.9 Å². The van der Waals surface area contributed by atoms with Gasteiger partial charge in [-0.2, -0.15) is 0 Å². The van der Waals surface area contributed by atoms with Gasteiger partial charge in [0.15, 0.2) is 0 Å². The molecule has 0 aromatic carbocycles. The zero-order valence-electron chi connectivity index (χ0n) is 8.47. The minimum absolute atomic E-state index is 0.851. The summed E-state index contributed by atoms with van der Waals surface area (Å²) in [5, 5.41) is 0. The van der Waals surface area contributed by atoms with Crippen molar-refractivity contribution in [2.75, 3.05) is 26.7 Å². The Balaban J connectivity index is 2.07. The van der Waals surface area contributed by atoms with E-state index in [1.165, 1.54) is 38.6 Å². The van der Waals surface area contributed by atoms with E-state index in [4.69, 9.17) is 3.07 Å². The van der Waals surface area contributed by atoms with E-state index in [1.54, 1.807) is 0 Å². The van der Waals surface area contributed by atoms with Gasteiger partial charge in [-0.25, -0.2) is 0 Å². The number of hydrogen-bond donors (Lipinski definition) is 0. The van der Waals surface area contributed by atoms with Crippen molar-refractivity contribution in [2.45, 2.75) is 32.1 Å². The number of hydrogen-bond acceptors (Lipinski definition) is 2. The highest BCUT2D eigenvalue weighted by Gasteiger charge is 2.14. The molecule has 1 aliphatic carbocycles. The number of rotatable bonds is 5. The topological polar surface area (TPSA) is 12.5 Å². The van der Waals surface area contributed by atoms with Crippen LogP contribution in [0.3, 0.4) is 0 Å². The highest BCUT2D eigenvalue weighted by Crippen LogP contribution is 2.23. The molecule has 1 saturated carbocycles. The summed E-state index contributed by atoms with van der Waals surface area (Å²) >= 11 is 1.96. The molecule has 0 saturated heterocycles. The van der Waals surface area contributed by atoms with Crippen LogP contribution in [0.25, 0.3) is 0 Å². The third kappa shape index (κ3) is 5.18. The van der Waals surface area contributed by atoms with Gasteiger partial charge in [-0.1, -0.05) is 19.3 Å². The Kier molecular flexibility index (Phi) is 6.32. The molecule has 0 aromatic rings. The van der Waals surface area contributed by atoms with Crippen LogP contribution in [0.15, 0.2) is 0 Å². The van der Waals surface area contributed by atoms with Crippen molar-refractivity contribution < 1.29 is 3.07 Å². The van der Waals surface area contributed by atoms with Gasteiger partial charge in [0.2, 0.25) is 0 Å². The Bertz CT molecular complexity index is 126. The van der Waals surface area contributed by atoms with Crippen LogP contribution in [0.5, 0.6) is 0 Å². The first-order valence-electron chi connectivity index (χ1n) is 5.25. The van der Waals surface area contributed by atoms with Crippen molar-refractivity contribution >= 4 is 23.0 Å². The van der Waals surface area contributed by atoms with Crippen molar-refractivity contribution in [1.82, 2.24) is 4.90 Å². The van der Waals surface area contributed by atoms with Crippen molar-refractivity contribution in [1.29, 1.82) is 0 Å². The van der Waals surface area contributed by atoms with Crippen LogP contribution in [0.1, 0.15) is 32.1 Å². The summed E-state index contributed by atoms with van der Waals surface area (Å²) in [6.07, 6.45) is 7.23. The van der Waals surface area contributed by atoms with Crippen LogP contribution >= 0.6 is 23.0 Å². The third-order valence-electron chi connectivity index (χ3n) is 2.84. The zero-order valence-corrected chi connectivity index (χ0v) is 10.6. The van der Waals surface area contributed by atoms with Gasteiger partial charge in [-0.3, -0.25) is 0 Å². The Labute approximate surface area is 95.7 Å². The van der Waals surface area contributed by atoms with Crippen LogP contribution < -0.4 is 0 Å². The molecule has 0 aliphatic heterocycles. The minimum atomic E-state index is 0.851. The van der Waals surface area contributed by atoms with E-state index >= 15 is 0 Å². The molecule has 1 aliphatic rings. The lowest BCUT2D eigenvalue weighted by atomic mass is 9.89. The minimum Gasteiger partial charge on any atom is -0.314 e. The molecule has 0 N–H and O–H groups in total. The predicted molar refractivity (Wildman–Crippen MR) is 64.0 cm³/mol. The summed E-state index contributed by atoms with van der Waals surface area (Å²) in [6.45, 7) is 3.18. The van der Waals surface area contributed by atoms with Crippen molar-refractivity contribution in [3.8, 4) is 0 Å². The van der Waals surface area contributed by atoms with Crippen LogP contribution in [0, 0.1) is 5.92 Å². The van der Waals surface area contributed by atoms with E-state index in [-0.39, 0.29) is 0 Å². The second kappa shape index (κ2) is 7.01. The smallest absolute Gasteiger partial charge is 0.109 e. The molecule has 0 atom stereocenters. The number of nitrogens with zero attached hydrogens (tertiary/aromatic N) is 1. The molecule has 78 valence electrons. The molecule has 0 radical (unpaired) electrons. The second-order valence-corrected chi connectivity index (χ2v) is 4.70. The van der Waals surface area contributed by atoms with Gasteiger partial charge < -0.3 is 7.97 Å². The summed E-state index contributed by atoms with van der Waals surface area (Å²) in [7, 11) is 2.20. The van der Waals surface area contributed by atoms with Gasteiger partial charge >= 0.3 is 0 Å². The van der Waals surface area contributed by atoms with Crippen LogP contribution in [0.2, 0.25) is 0 Å². The molecule has 0 amide bonds. The van der Waals surface area contributed by atoms with E-state index in [0.29, 0.717) is 0 Å². The fraction of sp³-hybridized carbons (Fsp3) is 1.00. The summed E-state index contributed by atoms with van der Waals surface area (Å²) in [4.78, 5) is 2.40. The lowest BCUT2D eigenvalue weighted by molar-refractivity contribution is 0.213. The molecule has 0 heterocycles. The molecular formula is C10H20INO.